The van der Waals surface area contributed by atoms with Gasteiger partial charge in [0.15, 0.2) is 0 Å². The van der Waals surface area contributed by atoms with Crippen LogP contribution in [0, 0.1) is 5.92 Å². The molecule has 0 bridgehead atoms. The van der Waals surface area contributed by atoms with Gasteiger partial charge in [-0.3, -0.25) is 9.69 Å². The highest BCUT2D eigenvalue weighted by atomic mass is 35.5. The number of carbonyl (C=O) groups excluding carboxylic acids is 1. The van der Waals surface area contributed by atoms with Crippen molar-refractivity contribution in [2.75, 3.05) is 27.2 Å². The fourth-order valence-electron chi connectivity index (χ4n) is 2.58. The van der Waals surface area contributed by atoms with Gasteiger partial charge in [0.1, 0.15) is 0 Å². The first-order chi connectivity index (χ1) is 6.24. The quantitative estimate of drug-likeness (QED) is 0.622. The van der Waals surface area contributed by atoms with E-state index < -0.39 is 0 Å². The van der Waals surface area contributed by atoms with Crippen LogP contribution in [0.15, 0.2) is 0 Å². The number of likely N-dealkylation sites (tertiary alicyclic amines) is 1. The summed E-state index contributed by atoms with van der Waals surface area (Å²) in [5.41, 5.74) is 0. The van der Waals surface area contributed by atoms with Gasteiger partial charge in [0, 0.05) is 19.6 Å². The van der Waals surface area contributed by atoms with Gasteiger partial charge < -0.3 is 10.6 Å². The van der Waals surface area contributed by atoms with Crippen LogP contribution in [0.4, 0.5) is 0 Å². The highest BCUT2D eigenvalue weighted by molar-refractivity contribution is 5.85. The predicted molar refractivity (Wildman–Crippen MR) is 57.6 cm³/mol. The topological polar surface area (TPSA) is 44.4 Å². The van der Waals surface area contributed by atoms with Crippen molar-refractivity contribution in [3.63, 3.8) is 0 Å². The van der Waals surface area contributed by atoms with Crippen LogP contribution in [0.2, 0.25) is 0 Å². The van der Waals surface area contributed by atoms with Crippen LogP contribution in [0.5, 0.6) is 0 Å². The SMILES string of the molecule is CNC(=O)[C@@H]1C[C@H]2CNC[C@H]2N1C.Cl. The van der Waals surface area contributed by atoms with Crippen molar-refractivity contribution in [3.8, 4) is 0 Å². The molecule has 5 heteroatoms. The summed E-state index contributed by atoms with van der Waals surface area (Å²) in [6.45, 7) is 2.11. The highest BCUT2D eigenvalue weighted by Gasteiger charge is 2.44. The van der Waals surface area contributed by atoms with Crippen molar-refractivity contribution in [1.29, 1.82) is 0 Å². The molecule has 0 aliphatic carbocycles. The average molecular weight is 220 g/mol. The van der Waals surface area contributed by atoms with E-state index in [1.54, 1.807) is 7.05 Å². The Bertz CT molecular complexity index is 224. The fraction of sp³-hybridized carbons (Fsp3) is 0.889. The minimum Gasteiger partial charge on any atom is -0.358 e. The van der Waals surface area contributed by atoms with Crippen molar-refractivity contribution >= 4 is 18.3 Å². The minimum atomic E-state index is 0. The zero-order valence-corrected chi connectivity index (χ0v) is 9.43. The number of carbonyl (C=O) groups is 1. The summed E-state index contributed by atoms with van der Waals surface area (Å²) in [4.78, 5) is 13.7. The zero-order chi connectivity index (χ0) is 9.42. The lowest BCUT2D eigenvalue weighted by Crippen LogP contribution is -2.44. The molecule has 2 aliphatic heterocycles. The van der Waals surface area contributed by atoms with Crippen molar-refractivity contribution < 1.29 is 4.79 Å². The van der Waals surface area contributed by atoms with E-state index in [-0.39, 0.29) is 24.4 Å². The van der Waals surface area contributed by atoms with Gasteiger partial charge in [0.25, 0.3) is 0 Å². The normalized spacial score (nSPS) is 36.3. The van der Waals surface area contributed by atoms with Gasteiger partial charge in [-0.2, -0.15) is 0 Å². The Hall–Kier alpha value is -0.320. The number of hydrogen-bond donors (Lipinski definition) is 2. The third kappa shape index (κ3) is 1.74. The second kappa shape index (κ2) is 4.47. The molecular weight excluding hydrogens is 202 g/mol. The van der Waals surface area contributed by atoms with Gasteiger partial charge in [-0.05, 0) is 25.9 Å². The van der Waals surface area contributed by atoms with Gasteiger partial charge in [0.2, 0.25) is 5.91 Å². The zero-order valence-electron chi connectivity index (χ0n) is 8.62. The molecule has 0 radical (unpaired) electrons. The lowest BCUT2D eigenvalue weighted by Gasteiger charge is -2.22. The summed E-state index contributed by atoms with van der Waals surface area (Å²) in [7, 11) is 3.76. The molecule has 0 aromatic rings. The lowest BCUT2D eigenvalue weighted by atomic mass is 10.0. The second-order valence-corrected chi connectivity index (χ2v) is 4.02. The van der Waals surface area contributed by atoms with Crippen LogP contribution in [-0.4, -0.2) is 50.1 Å². The van der Waals surface area contributed by atoms with E-state index in [1.807, 2.05) is 0 Å². The minimum absolute atomic E-state index is 0. The maximum atomic E-state index is 11.5. The van der Waals surface area contributed by atoms with E-state index in [2.05, 4.69) is 22.6 Å². The Morgan fingerprint density at radius 3 is 2.79 bits per heavy atom. The third-order valence-corrected chi connectivity index (χ3v) is 3.39. The third-order valence-electron chi connectivity index (χ3n) is 3.39. The van der Waals surface area contributed by atoms with Crippen molar-refractivity contribution in [2.24, 2.45) is 5.92 Å². The summed E-state index contributed by atoms with van der Waals surface area (Å²) in [6, 6.07) is 0.671. The molecule has 2 heterocycles. The molecule has 14 heavy (non-hydrogen) atoms. The van der Waals surface area contributed by atoms with Gasteiger partial charge in [-0.25, -0.2) is 0 Å². The van der Waals surface area contributed by atoms with Gasteiger partial charge in [-0.1, -0.05) is 0 Å². The fourth-order valence-corrected chi connectivity index (χ4v) is 2.58. The molecule has 2 rings (SSSR count). The van der Waals surface area contributed by atoms with Crippen LogP contribution < -0.4 is 10.6 Å². The summed E-state index contributed by atoms with van der Waals surface area (Å²) in [6.07, 6.45) is 1.01. The van der Waals surface area contributed by atoms with E-state index >= 15 is 0 Å². The van der Waals surface area contributed by atoms with E-state index in [0.717, 1.165) is 19.5 Å². The largest absolute Gasteiger partial charge is 0.358 e. The molecule has 2 aliphatic rings. The van der Waals surface area contributed by atoms with Gasteiger partial charge >= 0.3 is 0 Å². The Kier molecular flexibility index (Phi) is 3.75. The van der Waals surface area contributed by atoms with Crippen LogP contribution in [0.1, 0.15) is 6.42 Å². The Balaban J connectivity index is 0.000000980. The molecule has 0 aromatic carbocycles. The standard InChI is InChI=1S/C9H17N3O.ClH/c1-10-9(13)7-3-6-4-11-5-8(6)12(7)2;/h6-8,11H,3-5H2,1-2H3,(H,10,13);1H/t6-,7-,8+;/m0./s1. The highest BCUT2D eigenvalue weighted by Crippen LogP contribution is 2.30. The number of amides is 1. The second-order valence-electron chi connectivity index (χ2n) is 4.02. The number of likely N-dealkylation sites (N-methyl/N-ethyl adjacent to an activating group) is 2. The number of fused-ring (bicyclic) bond motifs is 1. The number of nitrogens with one attached hydrogen (secondary N) is 2. The first kappa shape index (κ1) is 11.8. The summed E-state index contributed by atoms with van der Waals surface area (Å²) in [5, 5.41) is 6.08. The van der Waals surface area contributed by atoms with Crippen LogP contribution >= 0.6 is 12.4 Å². The lowest BCUT2D eigenvalue weighted by molar-refractivity contribution is -0.124. The maximum Gasteiger partial charge on any atom is 0.237 e. The predicted octanol–water partition coefficient (Wildman–Crippen LogP) is -0.554. The first-order valence-electron chi connectivity index (χ1n) is 4.88. The van der Waals surface area contributed by atoms with E-state index in [9.17, 15) is 4.79 Å². The van der Waals surface area contributed by atoms with E-state index in [4.69, 9.17) is 0 Å². The monoisotopic (exact) mass is 219 g/mol. The molecule has 4 nitrogen and oxygen atoms in total. The van der Waals surface area contributed by atoms with Crippen molar-refractivity contribution in [2.45, 2.75) is 18.5 Å². The van der Waals surface area contributed by atoms with E-state index in [1.165, 1.54) is 0 Å². The number of halogens is 1. The van der Waals surface area contributed by atoms with Crippen LogP contribution in [0.3, 0.4) is 0 Å². The number of hydrogen-bond acceptors (Lipinski definition) is 3. The smallest absolute Gasteiger partial charge is 0.237 e. The molecule has 2 saturated heterocycles. The van der Waals surface area contributed by atoms with Crippen LogP contribution in [0.25, 0.3) is 0 Å². The number of rotatable bonds is 1. The van der Waals surface area contributed by atoms with Crippen molar-refractivity contribution in [3.05, 3.63) is 0 Å². The Morgan fingerprint density at radius 1 is 1.50 bits per heavy atom. The maximum absolute atomic E-state index is 11.5. The molecule has 1 amide bonds. The number of nitrogens with zero attached hydrogens (tertiary/aromatic N) is 1. The molecule has 0 saturated carbocycles. The molecule has 82 valence electrons. The van der Waals surface area contributed by atoms with Crippen molar-refractivity contribution in [1.82, 2.24) is 15.5 Å². The molecule has 0 spiro atoms. The van der Waals surface area contributed by atoms with Gasteiger partial charge in [0.05, 0.1) is 6.04 Å². The van der Waals surface area contributed by atoms with Crippen LogP contribution in [-0.2, 0) is 4.79 Å². The molecule has 0 unspecified atom stereocenters. The molecule has 0 aromatic heterocycles. The summed E-state index contributed by atoms with van der Waals surface area (Å²) >= 11 is 0. The van der Waals surface area contributed by atoms with Gasteiger partial charge in [-0.15, -0.1) is 12.4 Å². The molecular formula is C9H18ClN3O. The molecule has 2 N–H and O–H groups in total. The average Bonchev–Trinajstić information content (AvgIpc) is 2.68. The first-order valence-corrected chi connectivity index (χ1v) is 4.88. The molecule has 2 fully saturated rings. The summed E-state index contributed by atoms with van der Waals surface area (Å²) < 4.78 is 0. The summed E-state index contributed by atoms with van der Waals surface area (Å²) in [5.74, 6) is 0.837. The Labute approximate surface area is 90.8 Å². The Morgan fingerprint density at radius 2 is 2.21 bits per heavy atom. The van der Waals surface area contributed by atoms with E-state index in [0.29, 0.717) is 12.0 Å². The molecule has 3 atom stereocenters.